The summed E-state index contributed by atoms with van der Waals surface area (Å²) in [5, 5.41) is 0. The highest BCUT2D eigenvalue weighted by Gasteiger charge is 2.61. The number of hydrogen-bond donors (Lipinski definition) is 0. The number of fused-ring (bicyclic) bond motifs is 1. The number of amides is 2. The van der Waals surface area contributed by atoms with Crippen LogP contribution in [0.25, 0.3) is 0 Å². The standard InChI is InChI=1S/C25H35N3O3/c1-18(2)28-23(29)21-8-4-3-7-20(21)22(24(30)27-11-5-6-12-27)25(28)16-26(17-25)15-19-9-13-31-14-10-19/h3-4,7-8,18-19,22H,5-6,9-17H2,1-2H3. The average molecular weight is 426 g/mol. The summed E-state index contributed by atoms with van der Waals surface area (Å²) < 4.78 is 5.53. The Morgan fingerprint density at radius 1 is 1.13 bits per heavy atom. The van der Waals surface area contributed by atoms with Gasteiger partial charge in [-0.3, -0.25) is 14.5 Å². The summed E-state index contributed by atoms with van der Waals surface area (Å²) in [6.07, 6.45) is 4.37. The third-order valence-electron chi connectivity index (χ3n) is 7.77. The van der Waals surface area contributed by atoms with Crippen LogP contribution in [0.2, 0.25) is 0 Å². The number of carbonyl (C=O) groups excluding carboxylic acids is 2. The van der Waals surface area contributed by atoms with Gasteiger partial charge < -0.3 is 14.5 Å². The molecule has 5 rings (SSSR count). The summed E-state index contributed by atoms with van der Waals surface area (Å²) in [4.78, 5) is 34.1. The van der Waals surface area contributed by atoms with Crippen molar-refractivity contribution in [2.75, 3.05) is 45.9 Å². The predicted molar refractivity (Wildman–Crippen MR) is 119 cm³/mol. The molecule has 0 aliphatic carbocycles. The maximum atomic E-state index is 13.9. The maximum absolute atomic E-state index is 13.9. The van der Waals surface area contributed by atoms with E-state index in [1.54, 1.807) is 0 Å². The zero-order valence-corrected chi connectivity index (χ0v) is 18.9. The normalized spacial score (nSPS) is 26.4. The third kappa shape index (κ3) is 3.48. The lowest BCUT2D eigenvalue weighted by Crippen LogP contribution is -2.78. The second-order valence-corrected chi connectivity index (χ2v) is 10.2. The highest BCUT2D eigenvalue weighted by atomic mass is 16.5. The summed E-state index contributed by atoms with van der Waals surface area (Å²) >= 11 is 0. The van der Waals surface area contributed by atoms with Crippen molar-refractivity contribution >= 4 is 11.8 Å². The van der Waals surface area contributed by atoms with E-state index in [-0.39, 0.29) is 23.8 Å². The Morgan fingerprint density at radius 2 is 1.81 bits per heavy atom. The summed E-state index contributed by atoms with van der Waals surface area (Å²) in [6, 6.07) is 7.88. The first kappa shape index (κ1) is 21.0. The van der Waals surface area contributed by atoms with E-state index < -0.39 is 5.54 Å². The lowest BCUT2D eigenvalue weighted by Gasteiger charge is -2.62. The number of carbonyl (C=O) groups is 2. The first-order valence-electron chi connectivity index (χ1n) is 12.0. The molecular weight excluding hydrogens is 390 g/mol. The van der Waals surface area contributed by atoms with E-state index in [2.05, 4.69) is 23.6 Å². The highest BCUT2D eigenvalue weighted by molar-refractivity contribution is 6.02. The summed E-state index contributed by atoms with van der Waals surface area (Å²) in [6.45, 7) is 10.2. The van der Waals surface area contributed by atoms with Gasteiger partial charge >= 0.3 is 0 Å². The van der Waals surface area contributed by atoms with Crippen molar-refractivity contribution in [1.29, 1.82) is 0 Å². The molecular formula is C25H35N3O3. The van der Waals surface area contributed by atoms with Crippen LogP contribution in [0.15, 0.2) is 24.3 Å². The van der Waals surface area contributed by atoms with Gasteiger partial charge in [0.2, 0.25) is 5.91 Å². The van der Waals surface area contributed by atoms with Crippen molar-refractivity contribution in [1.82, 2.24) is 14.7 Å². The quantitative estimate of drug-likeness (QED) is 0.744. The fraction of sp³-hybridized carbons (Fsp3) is 0.680. The van der Waals surface area contributed by atoms with Crippen molar-refractivity contribution in [3.05, 3.63) is 35.4 Å². The van der Waals surface area contributed by atoms with Crippen molar-refractivity contribution < 1.29 is 14.3 Å². The average Bonchev–Trinajstić information content (AvgIpc) is 3.28. The molecule has 1 spiro atoms. The first-order chi connectivity index (χ1) is 15.0. The fourth-order valence-corrected chi connectivity index (χ4v) is 6.42. The summed E-state index contributed by atoms with van der Waals surface area (Å²) in [7, 11) is 0. The van der Waals surface area contributed by atoms with E-state index in [1.807, 2.05) is 29.2 Å². The van der Waals surface area contributed by atoms with E-state index in [4.69, 9.17) is 4.74 Å². The minimum Gasteiger partial charge on any atom is -0.381 e. The predicted octanol–water partition coefficient (Wildman–Crippen LogP) is 2.74. The van der Waals surface area contributed by atoms with Crippen LogP contribution in [0.4, 0.5) is 0 Å². The summed E-state index contributed by atoms with van der Waals surface area (Å²) in [5.41, 5.74) is 1.21. The van der Waals surface area contributed by atoms with Gasteiger partial charge in [-0.1, -0.05) is 18.2 Å². The van der Waals surface area contributed by atoms with Gasteiger partial charge in [0.25, 0.3) is 5.91 Å². The van der Waals surface area contributed by atoms with Gasteiger partial charge in [0.15, 0.2) is 0 Å². The Bertz CT molecular complexity index is 836. The largest absolute Gasteiger partial charge is 0.381 e. The molecule has 3 fully saturated rings. The van der Waals surface area contributed by atoms with E-state index in [0.717, 1.165) is 77.2 Å². The molecule has 1 atom stereocenters. The fourth-order valence-electron chi connectivity index (χ4n) is 6.42. The second kappa shape index (κ2) is 8.21. The Balaban J connectivity index is 1.49. The summed E-state index contributed by atoms with van der Waals surface area (Å²) in [5.74, 6) is 0.682. The van der Waals surface area contributed by atoms with Crippen molar-refractivity contribution in [2.45, 2.75) is 57.0 Å². The molecule has 4 aliphatic rings. The molecule has 0 saturated carbocycles. The van der Waals surface area contributed by atoms with E-state index >= 15 is 0 Å². The lowest BCUT2D eigenvalue weighted by atomic mass is 9.66. The Labute approximate surface area is 185 Å². The smallest absolute Gasteiger partial charge is 0.254 e. The molecule has 3 saturated heterocycles. The van der Waals surface area contributed by atoms with Gasteiger partial charge in [-0.2, -0.15) is 0 Å². The van der Waals surface area contributed by atoms with Crippen LogP contribution in [0.5, 0.6) is 0 Å². The van der Waals surface area contributed by atoms with Gasteiger partial charge in [-0.05, 0) is 57.1 Å². The molecule has 1 aromatic rings. The monoisotopic (exact) mass is 425 g/mol. The van der Waals surface area contributed by atoms with Gasteiger partial charge in [-0.15, -0.1) is 0 Å². The number of hydrogen-bond acceptors (Lipinski definition) is 4. The molecule has 0 radical (unpaired) electrons. The molecule has 1 unspecified atom stereocenters. The molecule has 0 N–H and O–H groups in total. The van der Waals surface area contributed by atoms with Crippen LogP contribution in [-0.2, 0) is 9.53 Å². The van der Waals surface area contributed by atoms with Crippen molar-refractivity contribution in [3.8, 4) is 0 Å². The van der Waals surface area contributed by atoms with Crippen LogP contribution in [0, 0.1) is 5.92 Å². The van der Waals surface area contributed by atoms with Crippen LogP contribution in [0.3, 0.4) is 0 Å². The van der Waals surface area contributed by atoms with Crippen LogP contribution >= 0.6 is 0 Å². The van der Waals surface area contributed by atoms with Crippen molar-refractivity contribution in [3.63, 3.8) is 0 Å². The SMILES string of the molecule is CC(C)N1C(=O)c2ccccc2C(C(=O)N2CCCC2)C12CN(CC1CCOCC1)C2. The van der Waals surface area contributed by atoms with E-state index in [9.17, 15) is 9.59 Å². The Hall–Kier alpha value is -1.92. The zero-order valence-electron chi connectivity index (χ0n) is 18.9. The topological polar surface area (TPSA) is 53.1 Å². The molecule has 6 nitrogen and oxygen atoms in total. The van der Waals surface area contributed by atoms with Gasteiger partial charge in [0.1, 0.15) is 0 Å². The van der Waals surface area contributed by atoms with Gasteiger partial charge in [-0.25, -0.2) is 0 Å². The zero-order chi connectivity index (χ0) is 21.6. The maximum Gasteiger partial charge on any atom is 0.254 e. The van der Waals surface area contributed by atoms with Crippen LogP contribution in [-0.4, -0.2) is 84.0 Å². The third-order valence-corrected chi connectivity index (χ3v) is 7.77. The van der Waals surface area contributed by atoms with Gasteiger partial charge in [0.05, 0.1) is 11.5 Å². The molecule has 4 aliphatic heterocycles. The second-order valence-electron chi connectivity index (χ2n) is 10.2. The number of nitrogens with zero attached hydrogens (tertiary/aromatic N) is 3. The van der Waals surface area contributed by atoms with Crippen LogP contribution in [0.1, 0.15) is 61.4 Å². The minimum absolute atomic E-state index is 0.0555. The van der Waals surface area contributed by atoms with Crippen LogP contribution < -0.4 is 0 Å². The Morgan fingerprint density at radius 3 is 2.48 bits per heavy atom. The molecule has 4 heterocycles. The number of ether oxygens (including phenoxy) is 1. The molecule has 31 heavy (non-hydrogen) atoms. The minimum atomic E-state index is -0.440. The van der Waals surface area contributed by atoms with E-state index in [1.165, 1.54) is 0 Å². The molecule has 0 bridgehead atoms. The number of benzene rings is 1. The molecule has 168 valence electrons. The first-order valence-corrected chi connectivity index (χ1v) is 12.0. The number of rotatable bonds is 4. The molecule has 1 aromatic carbocycles. The van der Waals surface area contributed by atoms with Gasteiger partial charge in [0, 0.05) is 57.5 Å². The lowest BCUT2D eigenvalue weighted by molar-refractivity contribution is -0.144. The number of likely N-dealkylation sites (tertiary alicyclic amines) is 2. The highest BCUT2D eigenvalue weighted by Crippen LogP contribution is 2.48. The Kier molecular flexibility index (Phi) is 5.55. The molecule has 0 aromatic heterocycles. The molecule has 2 amide bonds. The van der Waals surface area contributed by atoms with E-state index in [0.29, 0.717) is 11.5 Å². The molecule has 6 heteroatoms. The van der Waals surface area contributed by atoms with Crippen molar-refractivity contribution in [2.24, 2.45) is 5.92 Å².